The Morgan fingerprint density at radius 1 is 1.37 bits per heavy atom. The second-order valence-electron chi connectivity index (χ2n) is 3.82. The van der Waals surface area contributed by atoms with Crippen LogP contribution < -0.4 is 4.72 Å². The zero-order valence-corrected chi connectivity index (χ0v) is 11.9. The molecule has 1 rings (SSSR count). The molecule has 0 heterocycles. The van der Waals surface area contributed by atoms with Gasteiger partial charge in [0.05, 0.1) is 4.90 Å². The van der Waals surface area contributed by atoms with Gasteiger partial charge in [0.15, 0.2) is 0 Å². The van der Waals surface area contributed by atoms with E-state index in [1.54, 1.807) is 12.1 Å². The van der Waals surface area contributed by atoms with Crippen molar-refractivity contribution in [3.63, 3.8) is 0 Å². The molecule has 19 heavy (non-hydrogen) atoms. The number of sulfonamides is 1. The third-order valence-electron chi connectivity index (χ3n) is 2.13. The van der Waals surface area contributed by atoms with Gasteiger partial charge in [0.2, 0.25) is 10.0 Å². The molecule has 0 aliphatic heterocycles. The van der Waals surface area contributed by atoms with Gasteiger partial charge in [-0.25, -0.2) is 8.42 Å². The van der Waals surface area contributed by atoms with E-state index < -0.39 is 22.5 Å². The average Bonchev–Trinajstić information content (AvgIpc) is 2.34. The second kappa shape index (κ2) is 6.70. The van der Waals surface area contributed by atoms with Gasteiger partial charge in [0.25, 0.3) is 0 Å². The van der Waals surface area contributed by atoms with Gasteiger partial charge in [0, 0.05) is 5.03 Å². The fraction of sp³-hybridized carbons (Fsp3) is 0.250. The second-order valence-corrected chi connectivity index (χ2v) is 6.12. The van der Waals surface area contributed by atoms with E-state index in [0.29, 0.717) is 0 Å². The molecule has 5 nitrogen and oxygen atoms in total. The number of rotatable bonds is 6. The summed E-state index contributed by atoms with van der Waals surface area (Å²) in [5.74, 6) is -0.725. The van der Waals surface area contributed by atoms with Crippen molar-refractivity contribution < 1.29 is 17.9 Å². The summed E-state index contributed by atoms with van der Waals surface area (Å²) in [5, 5.41) is 0.162. The van der Waals surface area contributed by atoms with Crippen LogP contribution in [-0.2, 0) is 19.6 Å². The predicted octanol–water partition coefficient (Wildman–Crippen LogP) is 1.57. The minimum absolute atomic E-state index is 0.0904. The summed E-state index contributed by atoms with van der Waals surface area (Å²) in [4.78, 5) is 11.3. The molecule has 0 saturated heterocycles. The van der Waals surface area contributed by atoms with Crippen LogP contribution >= 0.6 is 11.6 Å². The van der Waals surface area contributed by atoms with E-state index in [1.165, 1.54) is 12.1 Å². The molecule has 0 saturated carbocycles. The molecule has 0 spiro atoms. The monoisotopic (exact) mass is 303 g/mol. The van der Waals surface area contributed by atoms with Crippen LogP contribution in [0.2, 0.25) is 0 Å². The van der Waals surface area contributed by atoms with Gasteiger partial charge >= 0.3 is 5.97 Å². The van der Waals surface area contributed by atoms with Crippen LogP contribution in [0, 0.1) is 6.92 Å². The van der Waals surface area contributed by atoms with E-state index >= 15 is 0 Å². The molecule has 0 bridgehead atoms. The Hall–Kier alpha value is -1.37. The molecule has 0 radical (unpaired) electrons. The summed E-state index contributed by atoms with van der Waals surface area (Å²) in [5.41, 5.74) is 0.944. The van der Waals surface area contributed by atoms with Gasteiger partial charge in [0.1, 0.15) is 13.2 Å². The molecule has 0 fully saturated rings. The van der Waals surface area contributed by atoms with E-state index in [0.717, 1.165) is 5.56 Å². The lowest BCUT2D eigenvalue weighted by atomic mass is 10.2. The zero-order chi connectivity index (χ0) is 14.5. The number of carbonyl (C=O) groups excluding carboxylic acids is 1. The topological polar surface area (TPSA) is 72.5 Å². The van der Waals surface area contributed by atoms with Gasteiger partial charge in [-0.15, -0.1) is 0 Å². The van der Waals surface area contributed by atoms with Crippen LogP contribution in [0.3, 0.4) is 0 Å². The molecule has 0 unspecified atom stereocenters. The first-order valence-corrected chi connectivity index (χ1v) is 7.22. The minimum atomic E-state index is -3.72. The Morgan fingerprint density at radius 3 is 2.47 bits per heavy atom. The van der Waals surface area contributed by atoms with E-state index in [4.69, 9.17) is 11.6 Å². The third kappa shape index (κ3) is 5.42. The van der Waals surface area contributed by atoms with E-state index in [-0.39, 0.29) is 16.5 Å². The highest BCUT2D eigenvalue weighted by Gasteiger charge is 2.15. The quantitative estimate of drug-likeness (QED) is 0.810. The van der Waals surface area contributed by atoms with Crippen molar-refractivity contribution in [2.45, 2.75) is 11.8 Å². The summed E-state index contributed by atoms with van der Waals surface area (Å²) in [7, 11) is -3.72. The Labute approximate surface area is 117 Å². The van der Waals surface area contributed by atoms with Crippen LogP contribution in [0.25, 0.3) is 0 Å². The normalized spacial score (nSPS) is 11.1. The maximum Gasteiger partial charge on any atom is 0.321 e. The van der Waals surface area contributed by atoms with Gasteiger partial charge in [-0.3, -0.25) is 4.79 Å². The van der Waals surface area contributed by atoms with Gasteiger partial charge in [-0.05, 0) is 19.1 Å². The van der Waals surface area contributed by atoms with E-state index in [2.05, 4.69) is 16.0 Å². The fourth-order valence-corrected chi connectivity index (χ4v) is 2.19. The molecule has 1 N–H and O–H groups in total. The van der Waals surface area contributed by atoms with Crippen molar-refractivity contribution in [2.75, 3.05) is 13.2 Å². The molecule has 1 aromatic carbocycles. The average molecular weight is 304 g/mol. The lowest BCUT2D eigenvalue weighted by Crippen LogP contribution is -2.30. The molecule has 0 aromatic heterocycles. The first-order valence-electron chi connectivity index (χ1n) is 5.36. The minimum Gasteiger partial charge on any atom is -0.459 e. The molecule has 0 atom stereocenters. The number of benzene rings is 1. The summed E-state index contributed by atoms with van der Waals surface area (Å²) < 4.78 is 30.4. The van der Waals surface area contributed by atoms with Crippen molar-refractivity contribution >= 4 is 27.6 Å². The fourth-order valence-electron chi connectivity index (χ4n) is 1.16. The number of aryl methyl sites for hydroxylation is 1. The maximum atomic E-state index is 11.8. The third-order valence-corrected chi connectivity index (χ3v) is 3.65. The number of ether oxygens (including phenoxy) is 1. The SMILES string of the molecule is C=C(Cl)COC(=O)CNS(=O)(=O)c1ccc(C)cc1. The Kier molecular flexibility index (Phi) is 5.53. The highest BCUT2D eigenvalue weighted by atomic mass is 35.5. The van der Waals surface area contributed by atoms with Crippen LogP contribution in [0.1, 0.15) is 5.56 Å². The van der Waals surface area contributed by atoms with Crippen LogP contribution in [0.4, 0.5) is 0 Å². The van der Waals surface area contributed by atoms with Crippen molar-refractivity contribution in [1.82, 2.24) is 4.72 Å². The first kappa shape index (κ1) is 15.7. The number of carbonyl (C=O) groups is 1. The number of nitrogens with one attached hydrogen (secondary N) is 1. The maximum absolute atomic E-state index is 11.8. The van der Waals surface area contributed by atoms with Gasteiger partial charge in [-0.2, -0.15) is 4.72 Å². The van der Waals surface area contributed by atoms with Crippen LogP contribution in [-0.4, -0.2) is 27.5 Å². The zero-order valence-electron chi connectivity index (χ0n) is 10.3. The van der Waals surface area contributed by atoms with Crippen molar-refractivity contribution in [2.24, 2.45) is 0 Å². The lowest BCUT2D eigenvalue weighted by molar-refractivity contribution is -0.141. The Morgan fingerprint density at radius 2 is 1.95 bits per heavy atom. The summed E-state index contributed by atoms with van der Waals surface area (Å²) in [6.45, 7) is 4.58. The van der Waals surface area contributed by atoms with Crippen molar-refractivity contribution in [1.29, 1.82) is 0 Å². The summed E-state index contributed by atoms with van der Waals surface area (Å²) in [6, 6.07) is 6.27. The van der Waals surface area contributed by atoms with Crippen molar-refractivity contribution in [3.05, 3.63) is 41.4 Å². The Bertz CT molecular complexity index is 566. The molecule has 104 valence electrons. The lowest BCUT2D eigenvalue weighted by Gasteiger charge is -2.07. The van der Waals surface area contributed by atoms with Crippen LogP contribution in [0.5, 0.6) is 0 Å². The Balaban J connectivity index is 2.58. The molecule has 7 heteroatoms. The number of hydrogen-bond acceptors (Lipinski definition) is 4. The van der Waals surface area contributed by atoms with Crippen LogP contribution in [0.15, 0.2) is 40.8 Å². The summed E-state index contributed by atoms with van der Waals surface area (Å²) >= 11 is 5.41. The predicted molar refractivity (Wildman–Crippen MR) is 72.3 cm³/mol. The van der Waals surface area contributed by atoms with Gasteiger partial charge in [-0.1, -0.05) is 35.9 Å². The van der Waals surface area contributed by atoms with E-state index in [1.807, 2.05) is 6.92 Å². The molecule has 1 aromatic rings. The first-order chi connectivity index (χ1) is 8.81. The molecular weight excluding hydrogens is 290 g/mol. The van der Waals surface area contributed by atoms with Gasteiger partial charge < -0.3 is 4.74 Å². The molecule has 0 aliphatic carbocycles. The molecular formula is C12H14ClNO4S. The highest BCUT2D eigenvalue weighted by molar-refractivity contribution is 7.89. The standard InChI is InChI=1S/C12H14ClNO4S/c1-9-3-5-11(6-4-9)19(16,17)14-7-12(15)18-8-10(2)13/h3-6,14H,2,7-8H2,1H3. The largest absolute Gasteiger partial charge is 0.459 e. The molecule has 0 aliphatic rings. The number of hydrogen-bond donors (Lipinski definition) is 1. The smallest absolute Gasteiger partial charge is 0.321 e. The summed E-state index contributed by atoms with van der Waals surface area (Å²) in [6.07, 6.45) is 0. The van der Waals surface area contributed by atoms with Crippen molar-refractivity contribution in [3.8, 4) is 0 Å². The highest BCUT2D eigenvalue weighted by Crippen LogP contribution is 2.09. The molecule has 0 amide bonds. The van der Waals surface area contributed by atoms with E-state index in [9.17, 15) is 13.2 Å². The number of esters is 1. The number of halogens is 1.